The second-order valence-electron chi connectivity index (χ2n) is 0. The average molecular weight is 315 g/mol. The van der Waals surface area contributed by atoms with E-state index in [1.54, 1.807) is 0 Å². The van der Waals surface area contributed by atoms with Gasteiger partial charge in [0, 0.05) is 41.9 Å². The van der Waals surface area contributed by atoms with Crippen LogP contribution in [0.25, 0.3) is 0 Å². The Hall–Kier alpha value is 2.85. The minimum absolute atomic E-state index is 0. The summed E-state index contributed by atoms with van der Waals surface area (Å²) in [6.07, 6.45) is 0. The maximum atomic E-state index is 8.38. The van der Waals surface area contributed by atoms with E-state index in [-0.39, 0.29) is 94.8 Å². The molecular formula is H6AgAl2OZn2. The molecule has 0 amide bonds. The van der Waals surface area contributed by atoms with Crippen LogP contribution in [0.1, 0.15) is 0 Å². The van der Waals surface area contributed by atoms with E-state index >= 15 is 0 Å². The van der Waals surface area contributed by atoms with Crippen molar-refractivity contribution in [3.63, 3.8) is 0 Å². The third kappa shape index (κ3) is 28.8. The second-order valence-corrected chi connectivity index (χ2v) is 0. The van der Waals surface area contributed by atoms with Gasteiger partial charge >= 0.3 is 21.8 Å². The van der Waals surface area contributed by atoms with Crippen molar-refractivity contribution in [3.05, 3.63) is 0 Å². The van der Waals surface area contributed by atoms with Crippen molar-refractivity contribution in [1.29, 1.82) is 0 Å². The maximum Gasteiger partial charge on any atom is 0 e. The summed E-state index contributed by atoms with van der Waals surface area (Å²) in [5.74, 6) is 0. The van der Waals surface area contributed by atoms with Crippen LogP contribution in [-0.4, -0.2) is 34.7 Å². The van der Waals surface area contributed by atoms with E-state index in [4.69, 9.17) is 3.57 Å². The first kappa shape index (κ1) is 36.8. The van der Waals surface area contributed by atoms with Crippen molar-refractivity contribution in [2.45, 2.75) is 0 Å². The Balaban J connectivity index is -0.000000000833. The van der Waals surface area contributed by atoms with E-state index in [1.807, 2.05) is 0 Å². The van der Waals surface area contributed by atoms with Crippen molar-refractivity contribution >= 4 is 34.7 Å². The quantitative estimate of drug-likeness (QED) is 0.452. The number of hydrogen-bond acceptors (Lipinski definition) is 1. The van der Waals surface area contributed by atoms with Crippen LogP contribution in [0.2, 0.25) is 0 Å². The standard InChI is InChI=1S/Ag.2Al.O.2Zn.6H. The van der Waals surface area contributed by atoms with Crippen LogP contribution in [0.5, 0.6) is 0 Å². The molecule has 1 nitrogen and oxygen atoms in total. The second kappa shape index (κ2) is 45.3. The van der Waals surface area contributed by atoms with E-state index < -0.39 is 0 Å². The SMILES string of the molecule is [Ag].[AlH3].[AlH3].[O]=[Zn].[Zn]. The minimum atomic E-state index is 0. The Morgan fingerprint density at radius 3 is 1.00 bits per heavy atom. The third-order valence-corrected chi connectivity index (χ3v) is 0. The number of rotatable bonds is 0. The van der Waals surface area contributed by atoms with E-state index in [0.29, 0.717) is 0 Å². The molecule has 0 aliphatic heterocycles. The van der Waals surface area contributed by atoms with Crippen LogP contribution in [-0.2, 0) is 63.7 Å². The molecule has 0 fully saturated rings. The Labute approximate surface area is 96.9 Å². The molecule has 1 radical (unpaired) electrons. The summed E-state index contributed by atoms with van der Waals surface area (Å²) < 4.78 is 8.38. The molecule has 6 heteroatoms. The van der Waals surface area contributed by atoms with E-state index in [9.17, 15) is 0 Å². The zero-order valence-corrected chi connectivity index (χ0v) is 9.54. The topological polar surface area (TPSA) is 17.1 Å². The minimum Gasteiger partial charge on any atom is 0 e. The van der Waals surface area contributed by atoms with Gasteiger partial charge in [-0.1, -0.05) is 0 Å². The molecule has 0 unspecified atom stereocenters. The number of hydrogen-bond donors (Lipinski definition) is 0. The van der Waals surface area contributed by atoms with Gasteiger partial charge in [0.05, 0.1) is 0 Å². The summed E-state index contributed by atoms with van der Waals surface area (Å²) >= 11 is 0.125. The Bertz CT molecular complexity index is 11.5. The first-order valence-corrected chi connectivity index (χ1v) is 1.50. The van der Waals surface area contributed by atoms with Crippen molar-refractivity contribution in [3.8, 4) is 0 Å². The molecule has 0 heterocycles. The zero-order valence-electron chi connectivity index (χ0n) is 2.12. The summed E-state index contributed by atoms with van der Waals surface area (Å²) in [6.45, 7) is 0. The fraction of sp³-hybridized carbons (Fsp3) is 0. The smallest absolute Gasteiger partial charge is 0 e. The van der Waals surface area contributed by atoms with Crippen molar-refractivity contribution in [2.75, 3.05) is 0 Å². The molecule has 6 heavy (non-hydrogen) atoms. The van der Waals surface area contributed by atoms with Gasteiger partial charge < -0.3 is 0 Å². The molecule has 0 aromatic carbocycles. The molecule has 0 aromatic heterocycles. The summed E-state index contributed by atoms with van der Waals surface area (Å²) in [5, 5.41) is 0. The molecule has 0 atom stereocenters. The summed E-state index contributed by atoms with van der Waals surface area (Å²) in [4.78, 5) is 0. The fourth-order valence-electron chi connectivity index (χ4n) is 0. The van der Waals surface area contributed by atoms with Gasteiger partial charge in [-0.3, -0.25) is 0 Å². The molecule has 0 aliphatic carbocycles. The first-order chi connectivity index (χ1) is 1.00. The molecule has 0 spiro atoms. The van der Waals surface area contributed by atoms with Gasteiger partial charge in [0.1, 0.15) is 0 Å². The fourth-order valence-corrected chi connectivity index (χ4v) is 0. The Kier molecular flexibility index (Phi) is 278. The molecule has 0 saturated carbocycles. The van der Waals surface area contributed by atoms with Crippen LogP contribution in [0.15, 0.2) is 0 Å². The van der Waals surface area contributed by atoms with E-state index in [1.165, 1.54) is 0 Å². The van der Waals surface area contributed by atoms with Crippen LogP contribution >= 0.6 is 0 Å². The van der Waals surface area contributed by atoms with Crippen LogP contribution in [0, 0.1) is 0 Å². The zero-order chi connectivity index (χ0) is 2.00. The summed E-state index contributed by atoms with van der Waals surface area (Å²) in [5.41, 5.74) is 0. The molecule has 0 aliphatic rings. The molecule has 0 rings (SSSR count). The van der Waals surface area contributed by atoms with Gasteiger partial charge in [-0.05, 0) is 0 Å². The van der Waals surface area contributed by atoms with Gasteiger partial charge in [-0.15, -0.1) is 0 Å². The predicted molar refractivity (Wildman–Crippen MR) is 20.6 cm³/mol. The molecule has 33 valence electrons. The summed E-state index contributed by atoms with van der Waals surface area (Å²) in [7, 11) is 0. The van der Waals surface area contributed by atoms with Crippen LogP contribution in [0.4, 0.5) is 0 Å². The van der Waals surface area contributed by atoms with Crippen LogP contribution < -0.4 is 0 Å². The van der Waals surface area contributed by atoms with E-state index in [0.717, 1.165) is 0 Å². The Morgan fingerprint density at radius 2 is 1.00 bits per heavy atom. The van der Waals surface area contributed by atoms with Crippen molar-refractivity contribution in [1.82, 2.24) is 0 Å². The monoisotopic (exact) mass is 311 g/mol. The molecule has 0 N–H and O–H groups in total. The van der Waals surface area contributed by atoms with Gasteiger partial charge in [0.25, 0.3) is 0 Å². The van der Waals surface area contributed by atoms with Gasteiger partial charge in [-0.25, -0.2) is 0 Å². The molecule has 0 bridgehead atoms. The molecule has 0 aromatic rings. The van der Waals surface area contributed by atoms with Crippen LogP contribution in [0.3, 0.4) is 0 Å². The van der Waals surface area contributed by atoms with Gasteiger partial charge in [0.2, 0.25) is 0 Å². The molecule has 0 saturated heterocycles. The largest absolute Gasteiger partial charge is 0 e. The normalized spacial score (nSPS) is 1.00. The predicted octanol–water partition coefficient (Wildman–Crippen LogP) is -2.49. The van der Waals surface area contributed by atoms with E-state index in [2.05, 4.69) is 0 Å². The Morgan fingerprint density at radius 1 is 1.00 bits per heavy atom. The first-order valence-electron chi connectivity index (χ1n) is 0.289. The van der Waals surface area contributed by atoms with Gasteiger partial charge in [0.15, 0.2) is 34.7 Å². The molecular weight excluding hydrogens is 309 g/mol. The third-order valence-electron chi connectivity index (χ3n) is 0. The van der Waals surface area contributed by atoms with Crippen molar-refractivity contribution < 1.29 is 63.7 Å². The van der Waals surface area contributed by atoms with Crippen molar-refractivity contribution in [2.24, 2.45) is 0 Å². The summed E-state index contributed by atoms with van der Waals surface area (Å²) in [6, 6.07) is 0. The van der Waals surface area contributed by atoms with Gasteiger partial charge in [-0.2, -0.15) is 0 Å². The maximum absolute atomic E-state index is 8.38. The average Bonchev–Trinajstić information content (AvgIpc) is 1.00.